The molecule has 0 aromatic carbocycles. The van der Waals surface area contributed by atoms with E-state index in [1.165, 1.54) is 0 Å². The highest BCUT2D eigenvalue weighted by molar-refractivity contribution is 7.89. The number of primary sulfonamides is 1. The van der Waals surface area contributed by atoms with Crippen LogP contribution in [0, 0.1) is 0 Å². The topological polar surface area (TPSA) is 108 Å². The van der Waals surface area contributed by atoms with E-state index in [1.807, 2.05) is 0 Å². The number of alkyl halides is 5. The first-order chi connectivity index (χ1) is 8.97. The molecule has 4 N–H and O–H groups in total. The van der Waals surface area contributed by atoms with E-state index in [9.17, 15) is 30.4 Å². The van der Waals surface area contributed by atoms with Crippen molar-refractivity contribution < 1.29 is 35.1 Å². The Morgan fingerprint density at radius 3 is 2.25 bits per heavy atom. The van der Waals surface area contributed by atoms with Crippen LogP contribution in [-0.2, 0) is 16.6 Å². The zero-order chi connectivity index (χ0) is 15.7. The van der Waals surface area contributed by atoms with Crippen LogP contribution in [0.3, 0.4) is 0 Å². The highest BCUT2D eigenvalue weighted by Crippen LogP contribution is 2.36. The highest BCUT2D eigenvalue weighted by atomic mass is 32.2. The van der Waals surface area contributed by atoms with Gasteiger partial charge < -0.3 is 10.5 Å². The molecule has 0 amide bonds. The van der Waals surface area contributed by atoms with E-state index in [1.54, 1.807) is 0 Å². The van der Waals surface area contributed by atoms with Gasteiger partial charge in [0, 0.05) is 6.54 Å². The van der Waals surface area contributed by atoms with Crippen molar-refractivity contribution in [3.63, 3.8) is 0 Å². The van der Waals surface area contributed by atoms with Gasteiger partial charge in [0.15, 0.2) is 5.75 Å². The summed E-state index contributed by atoms with van der Waals surface area (Å²) in [7, 11) is -4.91. The van der Waals surface area contributed by atoms with E-state index in [4.69, 9.17) is 5.73 Å². The number of nitrogens with two attached hydrogens (primary N) is 2. The molecule has 114 valence electrons. The summed E-state index contributed by atoms with van der Waals surface area (Å²) in [5.74, 6) is -1.44. The fourth-order valence-corrected chi connectivity index (χ4v) is 2.30. The van der Waals surface area contributed by atoms with Crippen molar-refractivity contribution >= 4 is 10.0 Å². The van der Waals surface area contributed by atoms with Gasteiger partial charge in [-0.1, -0.05) is 0 Å². The zero-order valence-corrected chi connectivity index (χ0v) is 10.3. The largest absolute Gasteiger partial charge is 0.573 e. The smallest absolute Gasteiger partial charge is 0.403 e. The maximum absolute atomic E-state index is 12.9. The maximum atomic E-state index is 12.9. The van der Waals surface area contributed by atoms with E-state index in [0.717, 1.165) is 0 Å². The molecule has 1 aromatic heterocycles. The number of sulfonamides is 1. The summed E-state index contributed by atoms with van der Waals surface area (Å²) in [6.45, 7) is -0.617. The van der Waals surface area contributed by atoms with Gasteiger partial charge in [0.05, 0.1) is 17.5 Å². The normalized spacial score (nSPS) is 12.8. The summed E-state index contributed by atoms with van der Waals surface area (Å²) < 4.78 is 88.0. The summed E-state index contributed by atoms with van der Waals surface area (Å²) >= 11 is 0. The lowest BCUT2D eigenvalue weighted by Crippen LogP contribution is -2.24. The molecular weight excluding hydrogens is 313 g/mol. The second-order valence-electron chi connectivity index (χ2n) is 3.41. The molecule has 0 aliphatic rings. The minimum Gasteiger partial charge on any atom is -0.403 e. The van der Waals surface area contributed by atoms with Gasteiger partial charge >= 0.3 is 6.36 Å². The standard InChI is InChI=1S/C8H8F5N3O3S/c9-7(10)5-3(1-14)16-2-4(19-8(11,12)13)6(5)20(15,17)18/h2,7H,1,14H2,(H2,15,17,18). The third-order valence-corrected chi connectivity index (χ3v) is 3.03. The predicted molar refractivity (Wildman–Crippen MR) is 55.1 cm³/mol. The van der Waals surface area contributed by atoms with Crippen LogP contribution in [0.5, 0.6) is 5.75 Å². The second-order valence-corrected chi connectivity index (χ2v) is 4.91. The van der Waals surface area contributed by atoms with Crippen molar-refractivity contribution in [1.82, 2.24) is 4.98 Å². The molecule has 0 fully saturated rings. The molecule has 0 atom stereocenters. The third kappa shape index (κ3) is 3.74. The molecule has 6 nitrogen and oxygen atoms in total. The predicted octanol–water partition coefficient (Wildman–Crippen LogP) is 1.02. The molecule has 1 rings (SSSR count). The fraction of sp³-hybridized carbons (Fsp3) is 0.375. The maximum Gasteiger partial charge on any atom is 0.573 e. The summed E-state index contributed by atoms with van der Waals surface area (Å²) in [4.78, 5) is 1.74. The summed E-state index contributed by atoms with van der Waals surface area (Å²) in [5.41, 5.74) is 3.18. The zero-order valence-electron chi connectivity index (χ0n) is 9.49. The molecule has 0 radical (unpaired) electrons. The van der Waals surface area contributed by atoms with Crippen molar-refractivity contribution in [2.75, 3.05) is 0 Å². The SMILES string of the molecule is NCc1ncc(OC(F)(F)F)c(S(N)(=O)=O)c1C(F)F. The Balaban J connectivity index is 3.67. The van der Waals surface area contributed by atoms with Gasteiger partial charge in [0.1, 0.15) is 4.90 Å². The first-order valence-corrected chi connectivity index (χ1v) is 6.30. The van der Waals surface area contributed by atoms with E-state index >= 15 is 0 Å². The third-order valence-electron chi connectivity index (χ3n) is 2.04. The van der Waals surface area contributed by atoms with Gasteiger partial charge in [-0.3, -0.25) is 4.98 Å². The molecule has 0 aliphatic carbocycles. The minimum absolute atomic E-state index is 0.321. The van der Waals surface area contributed by atoms with Crippen molar-refractivity contribution in [1.29, 1.82) is 0 Å². The molecule has 0 bridgehead atoms. The Hall–Kier alpha value is -1.53. The number of hydrogen-bond donors (Lipinski definition) is 2. The number of halogens is 5. The van der Waals surface area contributed by atoms with E-state index in [-0.39, 0.29) is 0 Å². The Morgan fingerprint density at radius 1 is 1.35 bits per heavy atom. The van der Waals surface area contributed by atoms with Gasteiger partial charge in [0.2, 0.25) is 10.0 Å². The minimum atomic E-state index is -5.30. The van der Waals surface area contributed by atoms with Gasteiger partial charge in [-0.2, -0.15) is 0 Å². The molecule has 0 spiro atoms. The van der Waals surface area contributed by atoms with E-state index < -0.39 is 51.3 Å². The lowest BCUT2D eigenvalue weighted by molar-refractivity contribution is -0.275. The number of hydrogen-bond acceptors (Lipinski definition) is 5. The van der Waals surface area contributed by atoms with E-state index in [2.05, 4.69) is 14.9 Å². The second kappa shape index (κ2) is 5.46. The number of rotatable bonds is 4. The van der Waals surface area contributed by atoms with Crippen LogP contribution < -0.4 is 15.6 Å². The van der Waals surface area contributed by atoms with Gasteiger partial charge in [0.25, 0.3) is 6.43 Å². The van der Waals surface area contributed by atoms with Crippen LogP contribution in [0.4, 0.5) is 22.0 Å². The number of nitrogens with zero attached hydrogens (tertiary/aromatic N) is 1. The average molecular weight is 321 g/mol. The first-order valence-electron chi connectivity index (χ1n) is 4.76. The van der Waals surface area contributed by atoms with Crippen LogP contribution in [-0.4, -0.2) is 19.8 Å². The molecule has 0 saturated carbocycles. The molecule has 0 saturated heterocycles. The van der Waals surface area contributed by atoms with Crippen LogP contribution in [0.1, 0.15) is 17.7 Å². The number of pyridine rings is 1. The van der Waals surface area contributed by atoms with Crippen LogP contribution in [0.15, 0.2) is 11.1 Å². The average Bonchev–Trinajstić information content (AvgIpc) is 2.24. The molecule has 1 heterocycles. The molecule has 0 unspecified atom stereocenters. The van der Waals surface area contributed by atoms with Gasteiger partial charge in [-0.15, -0.1) is 13.2 Å². The monoisotopic (exact) mass is 321 g/mol. The summed E-state index contributed by atoms with van der Waals surface area (Å²) in [6.07, 6.45) is -8.43. The number of ether oxygens (including phenoxy) is 1. The van der Waals surface area contributed by atoms with Gasteiger partial charge in [-0.05, 0) is 0 Å². The molecular formula is C8H8F5N3O3S. The summed E-state index contributed by atoms with van der Waals surface area (Å²) in [5, 5.41) is 4.66. The van der Waals surface area contributed by atoms with Crippen molar-refractivity contribution in [3.8, 4) is 5.75 Å². The number of aromatic nitrogens is 1. The van der Waals surface area contributed by atoms with Crippen LogP contribution in [0.2, 0.25) is 0 Å². The lowest BCUT2D eigenvalue weighted by Gasteiger charge is -2.16. The molecule has 0 aliphatic heterocycles. The van der Waals surface area contributed by atoms with Crippen molar-refractivity contribution in [2.24, 2.45) is 10.9 Å². The fourth-order valence-electron chi connectivity index (χ4n) is 1.41. The van der Waals surface area contributed by atoms with Gasteiger partial charge in [-0.25, -0.2) is 22.3 Å². The Kier molecular flexibility index (Phi) is 4.51. The van der Waals surface area contributed by atoms with Crippen LogP contribution >= 0.6 is 0 Å². The lowest BCUT2D eigenvalue weighted by atomic mass is 10.2. The molecule has 20 heavy (non-hydrogen) atoms. The Labute approximate surface area is 109 Å². The Morgan fingerprint density at radius 2 is 1.90 bits per heavy atom. The van der Waals surface area contributed by atoms with E-state index in [0.29, 0.717) is 6.20 Å². The van der Waals surface area contributed by atoms with Crippen LogP contribution in [0.25, 0.3) is 0 Å². The van der Waals surface area contributed by atoms with Crippen molar-refractivity contribution in [3.05, 3.63) is 17.5 Å². The first kappa shape index (κ1) is 16.5. The molecule has 1 aromatic rings. The van der Waals surface area contributed by atoms with Crippen molar-refractivity contribution in [2.45, 2.75) is 24.2 Å². The highest BCUT2D eigenvalue weighted by Gasteiger charge is 2.37. The Bertz CT molecular complexity index is 602. The molecule has 12 heteroatoms. The quantitative estimate of drug-likeness (QED) is 0.805. The summed E-state index contributed by atoms with van der Waals surface area (Å²) in [6, 6.07) is 0.